The molecule has 166 valence electrons. The van der Waals surface area contributed by atoms with Crippen LogP contribution in [0.15, 0.2) is 36.4 Å². The molecular formula is C22H22N4O4S2. The van der Waals surface area contributed by atoms with E-state index in [1.165, 1.54) is 12.1 Å². The molecule has 8 nitrogen and oxygen atoms in total. The summed E-state index contributed by atoms with van der Waals surface area (Å²) < 4.78 is 0. The van der Waals surface area contributed by atoms with Crippen LogP contribution < -0.4 is 0 Å². The maximum Gasteiger partial charge on any atom is 0.269 e. The molecule has 10 heteroatoms. The lowest BCUT2D eigenvalue weighted by atomic mass is 9.93. The fraction of sp³-hybridized carbons (Fsp3) is 0.364. The molecule has 2 aromatic carbocycles. The summed E-state index contributed by atoms with van der Waals surface area (Å²) in [5.74, 6) is 1.40. The molecule has 0 heterocycles. The fourth-order valence-corrected chi connectivity index (χ4v) is 4.40. The summed E-state index contributed by atoms with van der Waals surface area (Å²) in [6, 6.07) is 13.9. The van der Waals surface area contributed by atoms with Crippen LogP contribution in [-0.2, 0) is 23.3 Å². The second-order valence-corrected chi connectivity index (χ2v) is 8.94. The molecule has 1 aliphatic carbocycles. The lowest BCUT2D eigenvalue weighted by Crippen LogP contribution is -2.07. The van der Waals surface area contributed by atoms with Gasteiger partial charge in [-0.25, -0.2) is 0 Å². The minimum absolute atomic E-state index is 0.0840. The van der Waals surface area contributed by atoms with E-state index in [0.29, 0.717) is 17.9 Å². The third-order valence-corrected chi connectivity index (χ3v) is 6.25. The molecule has 0 unspecified atom stereocenters. The molecule has 32 heavy (non-hydrogen) atoms. The highest BCUT2D eigenvalue weighted by molar-refractivity contribution is 7.98. The van der Waals surface area contributed by atoms with Crippen LogP contribution in [0, 0.1) is 42.9 Å². The number of nitro groups is 2. The number of nitro benzene ring substituents is 2. The lowest BCUT2D eigenvalue weighted by molar-refractivity contribution is -0.385. The van der Waals surface area contributed by atoms with Gasteiger partial charge in [-0.2, -0.15) is 34.0 Å². The monoisotopic (exact) mass is 470 g/mol. The average Bonchev–Trinajstić information content (AvgIpc) is 3.57. The SMILES string of the molecule is CSCc1cc([N+](=O)[O-])ccc1C1(C#N)CC1.CSCc1cc([N+](=O)[O-])ccc1CC#N. The molecule has 1 saturated carbocycles. The van der Waals surface area contributed by atoms with Crippen molar-refractivity contribution in [2.24, 2.45) is 0 Å². The van der Waals surface area contributed by atoms with Crippen molar-refractivity contribution in [1.29, 1.82) is 10.5 Å². The van der Waals surface area contributed by atoms with Crippen molar-refractivity contribution in [3.05, 3.63) is 78.9 Å². The Morgan fingerprint density at radius 2 is 1.44 bits per heavy atom. The zero-order chi connectivity index (χ0) is 23.7. The number of rotatable bonds is 8. The Hall–Kier alpha value is -3.08. The lowest BCUT2D eigenvalue weighted by Gasteiger charge is -2.12. The Balaban J connectivity index is 0.000000229. The van der Waals surface area contributed by atoms with Crippen LogP contribution >= 0.6 is 23.5 Å². The Morgan fingerprint density at radius 3 is 1.91 bits per heavy atom. The Morgan fingerprint density at radius 1 is 0.906 bits per heavy atom. The van der Waals surface area contributed by atoms with Gasteiger partial charge in [0.15, 0.2) is 0 Å². The van der Waals surface area contributed by atoms with Crippen LogP contribution in [-0.4, -0.2) is 22.4 Å². The molecule has 1 aliphatic rings. The molecule has 0 bridgehead atoms. The van der Waals surface area contributed by atoms with Crippen LogP contribution in [0.4, 0.5) is 11.4 Å². The van der Waals surface area contributed by atoms with Gasteiger partial charge in [-0.05, 0) is 47.6 Å². The molecule has 0 aromatic heterocycles. The summed E-state index contributed by atoms with van der Waals surface area (Å²) in [5.41, 5.74) is 3.45. The molecule has 0 atom stereocenters. The first-order chi connectivity index (χ1) is 15.3. The van der Waals surface area contributed by atoms with E-state index in [4.69, 9.17) is 5.26 Å². The predicted octanol–water partition coefficient (Wildman–Crippen LogP) is 5.54. The summed E-state index contributed by atoms with van der Waals surface area (Å²) in [7, 11) is 0. The van der Waals surface area contributed by atoms with Gasteiger partial charge in [0.1, 0.15) is 0 Å². The first-order valence-electron chi connectivity index (χ1n) is 9.62. The topological polar surface area (TPSA) is 134 Å². The molecule has 0 amide bonds. The Bertz CT molecular complexity index is 1090. The van der Waals surface area contributed by atoms with E-state index in [9.17, 15) is 25.5 Å². The first-order valence-corrected chi connectivity index (χ1v) is 12.4. The second-order valence-electron chi connectivity index (χ2n) is 7.20. The molecule has 0 saturated heterocycles. The molecule has 0 radical (unpaired) electrons. The van der Waals surface area contributed by atoms with Gasteiger partial charge in [-0.15, -0.1) is 0 Å². The number of benzene rings is 2. The number of hydrogen-bond acceptors (Lipinski definition) is 8. The Labute approximate surface area is 194 Å². The van der Waals surface area contributed by atoms with Gasteiger partial charge >= 0.3 is 0 Å². The van der Waals surface area contributed by atoms with Gasteiger partial charge in [0.2, 0.25) is 0 Å². The average molecular weight is 471 g/mol. The highest BCUT2D eigenvalue weighted by atomic mass is 32.2. The van der Waals surface area contributed by atoms with Gasteiger partial charge in [-0.3, -0.25) is 20.2 Å². The molecular weight excluding hydrogens is 448 g/mol. The van der Waals surface area contributed by atoms with E-state index in [-0.39, 0.29) is 21.7 Å². The molecule has 1 fully saturated rings. The molecule has 0 aliphatic heterocycles. The number of nitrogens with zero attached hydrogens (tertiary/aromatic N) is 4. The van der Waals surface area contributed by atoms with Crippen molar-refractivity contribution in [2.45, 2.75) is 36.2 Å². The van der Waals surface area contributed by atoms with Crippen LogP contribution in [0.1, 0.15) is 35.1 Å². The summed E-state index contributed by atoms with van der Waals surface area (Å²) >= 11 is 3.19. The van der Waals surface area contributed by atoms with E-state index in [1.54, 1.807) is 47.8 Å². The van der Waals surface area contributed by atoms with E-state index in [1.807, 2.05) is 12.5 Å². The minimum Gasteiger partial charge on any atom is -0.258 e. The van der Waals surface area contributed by atoms with Crippen LogP contribution in [0.2, 0.25) is 0 Å². The normalized spacial score (nSPS) is 13.1. The highest BCUT2D eigenvalue weighted by Crippen LogP contribution is 2.49. The van der Waals surface area contributed by atoms with Gasteiger partial charge < -0.3 is 0 Å². The maximum absolute atomic E-state index is 10.7. The summed E-state index contributed by atoms with van der Waals surface area (Å²) in [4.78, 5) is 20.5. The van der Waals surface area contributed by atoms with Crippen molar-refractivity contribution in [1.82, 2.24) is 0 Å². The fourth-order valence-electron chi connectivity index (χ4n) is 3.28. The third kappa shape index (κ3) is 6.22. The van der Waals surface area contributed by atoms with Crippen molar-refractivity contribution in [2.75, 3.05) is 12.5 Å². The minimum atomic E-state index is -0.417. The maximum atomic E-state index is 10.7. The van der Waals surface area contributed by atoms with Crippen LogP contribution in [0.5, 0.6) is 0 Å². The van der Waals surface area contributed by atoms with Crippen molar-refractivity contribution in [3.8, 4) is 12.1 Å². The van der Waals surface area contributed by atoms with E-state index in [0.717, 1.165) is 35.1 Å². The van der Waals surface area contributed by atoms with Crippen LogP contribution in [0.25, 0.3) is 0 Å². The third-order valence-electron chi connectivity index (χ3n) is 5.05. The molecule has 3 rings (SSSR count). The first kappa shape index (κ1) is 25.2. The highest BCUT2D eigenvalue weighted by Gasteiger charge is 2.46. The van der Waals surface area contributed by atoms with Crippen molar-refractivity contribution < 1.29 is 9.85 Å². The summed E-state index contributed by atoms with van der Waals surface area (Å²) in [5, 5.41) is 39.1. The van der Waals surface area contributed by atoms with Crippen LogP contribution in [0.3, 0.4) is 0 Å². The standard InChI is InChI=1S/C12H12N2O2S.C10H10N2O2S/c1-17-7-9-6-10(14(15)16)2-3-11(9)12(8-13)4-5-12;1-15-7-9-6-10(12(13)14)3-2-8(9)4-5-11/h2-3,6H,4-5,7H2,1H3;2-3,6H,4,7H2,1H3. The van der Waals surface area contributed by atoms with E-state index >= 15 is 0 Å². The molecule has 0 N–H and O–H groups in total. The molecule has 2 aromatic rings. The van der Waals surface area contributed by atoms with E-state index in [2.05, 4.69) is 12.1 Å². The van der Waals surface area contributed by atoms with Gasteiger partial charge in [0.25, 0.3) is 11.4 Å². The van der Waals surface area contributed by atoms with Gasteiger partial charge in [0, 0.05) is 35.8 Å². The second kappa shape index (κ2) is 11.5. The summed E-state index contributed by atoms with van der Waals surface area (Å²) in [6.45, 7) is 0. The summed E-state index contributed by atoms with van der Waals surface area (Å²) in [6.07, 6.45) is 5.91. The van der Waals surface area contributed by atoms with Gasteiger partial charge in [0.05, 0.1) is 33.8 Å². The van der Waals surface area contributed by atoms with E-state index < -0.39 is 4.92 Å². The Kier molecular flexibility index (Phi) is 9.06. The number of thioether (sulfide) groups is 2. The zero-order valence-corrected chi connectivity index (χ0v) is 19.4. The largest absolute Gasteiger partial charge is 0.269 e. The predicted molar refractivity (Wildman–Crippen MR) is 126 cm³/mol. The molecule has 0 spiro atoms. The number of hydrogen-bond donors (Lipinski definition) is 0. The van der Waals surface area contributed by atoms with Crippen molar-refractivity contribution >= 4 is 34.9 Å². The zero-order valence-electron chi connectivity index (χ0n) is 17.7. The number of nitriles is 2. The smallest absolute Gasteiger partial charge is 0.258 e. The number of non-ortho nitro benzene ring substituents is 2. The van der Waals surface area contributed by atoms with Gasteiger partial charge in [-0.1, -0.05) is 12.1 Å². The van der Waals surface area contributed by atoms with Crippen molar-refractivity contribution in [3.63, 3.8) is 0 Å². The quantitative estimate of drug-likeness (QED) is 0.363.